The first-order valence-electron chi connectivity index (χ1n) is 10.2. The number of anilines is 1. The maximum atomic E-state index is 12.7. The number of ether oxygens (including phenoxy) is 2. The van der Waals surface area contributed by atoms with Gasteiger partial charge < -0.3 is 19.4 Å². The van der Waals surface area contributed by atoms with Crippen LogP contribution in [0.4, 0.5) is 5.82 Å². The Bertz CT molecular complexity index is 1270. The number of sulfone groups is 1. The summed E-state index contributed by atoms with van der Waals surface area (Å²) in [6.07, 6.45) is 6.50. The van der Waals surface area contributed by atoms with Gasteiger partial charge in [0.25, 0.3) is 0 Å². The van der Waals surface area contributed by atoms with E-state index in [9.17, 15) is 8.42 Å². The zero-order valence-electron chi connectivity index (χ0n) is 17.9. The van der Waals surface area contributed by atoms with Gasteiger partial charge in [-0.25, -0.2) is 18.4 Å². The fourth-order valence-corrected chi connectivity index (χ4v) is 4.68. The van der Waals surface area contributed by atoms with Crippen LogP contribution in [0.25, 0.3) is 22.3 Å². The van der Waals surface area contributed by atoms with Crippen LogP contribution in [0.2, 0.25) is 0 Å². The molecule has 0 aliphatic carbocycles. The van der Waals surface area contributed by atoms with Gasteiger partial charge in [0.2, 0.25) is 0 Å². The maximum absolute atomic E-state index is 12.7. The molecular weight excluding hydrogens is 418 g/mol. The van der Waals surface area contributed by atoms with Crippen molar-refractivity contribution >= 4 is 26.6 Å². The Kier molecular flexibility index (Phi) is 4.49. The lowest BCUT2D eigenvalue weighted by atomic mass is 10.0. The lowest BCUT2D eigenvalue weighted by Gasteiger charge is -2.45. The van der Waals surface area contributed by atoms with E-state index in [1.165, 1.54) is 6.26 Å². The van der Waals surface area contributed by atoms with Gasteiger partial charge in [-0.1, -0.05) is 0 Å². The Morgan fingerprint density at radius 2 is 2.00 bits per heavy atom. The predicted molar refractivity (Wildman–Crippen MR) is 117 cm³/mol. The summed E-state index contributed by atoms with van der Waals surface area (Å²) in [6, 6.07) is 2.02. The molecule has 164 valence electrons. The molecule has 0 saturated carbocycles. The number of pyridine rings is 1. The highest BCUT2D eigenvalue weighted by atomic mass is 32.2. The number of morpholine rings is 1. The van der Waals surface area contributed by atoms with Crippen LogP contribution in [0.3, 0.4) is 0 Å². The van der Waals surface area contributed by atoms with E-state index in [0.717, 1.165) is 16.5 Å². The van der Waals surface area contributed by atoms with Crippen molar-refractivity contribution in [2.24, 2.45) is 0 Å². The Morgan fingerprint density at radius 1 is 1.19 bits per heavy atom. The molecule has 1 saturated heterocycles. The van der Waals surface area contributed by atoms with Crippen LogP contribution < -0.4 is 9.64 Å². The SMILES string of the molecule is C[C@@H]1COC[C@H]2COc3c(nc(-c4cncc5[nH]ccc45)nc3C(C)(C)S(C)(=O)=O)N21. The van der Waals surface area contributed by atoms with Gasteiger partial charge in [-0.05, 0) is 26.8 Å². The van der Waals surface area contributed by atoms with Gasteiger partial charge in [0.05, 0.1) is 37.0 Å². The molecule has 0 unspecified atom stereocenters. The van der Waals surface area contributed by atoms with Gasteiger partial charge in [-0.2, -0.15) is 0 Å². The van der Waals surface area contributed by atoms with Gasteiger partial charge in [0.1, 0.15) is 17.0 Å². The van der Waals surface area contributed by atoms with Crippen LogP contribution in [0.15, 0.2) is 24.7 Å². The van der Waals surface area contributed by atoms with E-state index in [1.54, 1.807) is 26.2 Å². The van der Waals surface area contributed by atoms with Gasteiger partial charge in [-0.3, -0.25) is 4.98 Å². The van der Waals surface area contributed by atoms with Crippen molar-refractivity contribution in [1.29, 1.82) is 0 Å². The summed E-state index contributed by atoms with van der Waals surface area (Å²) in [7, 11) is -3.50. The standard InChI is InChI=1S/C21H25N5O4S/c1-12-9-29-10-13-11-30-17-18(21(2,3)31(4,27)28)24-19(25-20(17)26(12)13)15-7-22-8-16-14(15)5-6-23-16/h5-8,12-13,23H,9-11H2,1-4H3/t12-,13+/m1/s1. The number of fused-ring (bicyclic) bond motifs is 4. The van der Waals surface area contributed by atoms with E-state index in [-0.39, 0.29) is 12.1 Å². The first kappa shape index (κ1) is 20.2. The third-order valence-electron chi connectivity index (χ3n) is 6.26. The third kappa shape index (κ3) is 3.08. The Hall–Kier alpha value is -2.72. The van der Waals surface area contributed by atoms with E-state index in [2.05, 4.69) is 21.8 Å². The molecule has 2 aliphatic rings. The van der Waals surface area contributed by atoms with Crippen molar-refractivity contribution in [1.82, 2.24) is 19.9 Å². The molecule has 0 radical (unpaired) electrons. The van der Waals surface area contributed by atoms with Crippen LogP contribution in [0, 0.1) is 0 Å². The van der Waals surface area contributed by atoms with Crippen molar-refractivity contribution in [3.63, 3.8) is 0 Å². The first-order chi connectivity index (χ1) is 14.7. The molecule has 5 heterocycles. The molecule has 0 spiro atoms. The molecule has 5 rings (SSSR count). The zero-order valence-corrected chi connectivity index (χ0v) is 18.7. The van der Waals surface area contributed by atoms with Gasteiger partial charge >= 0.3 is 0 Å². The molecule has 1 N–H and O–H groups in total. The minimum absolute atomic E-state index is 0.00868. The highest BCUT2D eigenvalue weighted by Gasteiger charge is 2.44. The summed E-state index contributed by atoms with van der Waals surface area (Å²) in [5.41, 5.74) is 1.95. The van der Waals surface area contributed by atoms with Gasteiger partial charge in [-0.15, -0.1) is 0 Å². The van der Waals surface area contributed by atoms with Crippen molar-refractivity contribution in [3.8, 4) is 17.1 Å². The van der Waals surface area contributed by atoms with Crippen LogP contribution in [0.1, 0.15) is 26.5 Å². The second-order valence-corrected chi connectivity index (χ2v) is 11.3. The second-order valence-electron chi connectivity index (χ2n) is 8.72. The third-order valence-corrected chi connectivity index (χ3v) is 8.31. The predicted octanol–water partition coefficient (Wildman–Crippen LogP) is 2.29. The van der Waals surface area contributed by atoms with Crippen molar-refractivity contribution < 1.29 is 17.9 Å². The topological polar surface area (TPSA) is 110 Å². The number of aromatic nitrogens is 4. The summed E-state index contributed by atoms with van der Waals surface area (Å²) in [5.74, 6) is 1.46. The summed E-state index contributed by atoms with van der Waals surface area (Å²) < 4.78 is 36.0. The minimum Gasteiger partial charge on any atom is -0.486 e. The number of hydrogen-bond acceptors (Lipinski definition) is 8. The molecule has 31 heavy (non-hydrogen) atoms. The number of hydrogen-bond donors (Lipinski definition) is 1. The van der Waals surface area contributed by atoms with E-state index in [0.29, 0.717) is 42.9 Å². The number of nitrogens with one attached hydrogen (secondary N) is 1. The molecule has 0 aromatic carbocycles. The summed E-state index contributed by atoms with van der Waals surface area (Å²) >= 11 is 0. The van der Waals surface area contributed by atoms with E-state index in [1.807, 2.05) is 12.3 Å². The van der Waals surface area contributed by atoms with Crippen LogP contribution in [-0.4, -0.2) is 66.5 Å². The monoisotopic (exact) mass is 443 g/mol. The number of aromatic amines is 1. The number of rotatable bonds is 3. The van der Waals surface area contributed by atoms with E-state index in [4.69, 9.17) is 19.4 Å². The number of H-pyrrole nitrogens is 1. The van der Waals surface area contributed by atoms with Crippen LogP contribution in [-0.2, 0) is 19.3 Å². The molecular formula is C21H25N5O4S. The Labute approximate surface area is 180 Å². The normalized spacial score (nSPS) is 21.5. The highest BCUT2D eigenvalue weighted by molar-refractivity contribution is 7.91. The highest BCUT2D eigenvalue weighted by Crippen LogP contribution is 2.44. The quantitative estimate of drug-likeness (QED) is 0.657. The van der Waals surface area contributed by atoms with Gasteiger partial charge in [0.15, 0.2) is 27.2 Å². The Balaban J connectivity index is 1.81. The van der Waals surface area contributed by atoms with Crippen molar-refractivity contribution in [2.45, 2.75) is 37.6 Å². The average molecular weight is 444 g/mol. The second kappa shape index (κ2) is 6.89. The number of nitrogens with zero attached hydrogens (tertiary/aromatic N) is 4. The average Bonchev–Trinajstić information content (AvgIpc) is 3.21. The fourth-order valence-electron chi connectivity index (χ4n) is 4.19. The lowest BCUT2D eigenvalue weighted by molar-refractivity contribution is 0.0482. The molecule has 3 aromatic heterocycles. The van der Waals surface area contributed by atoms with Crippen LogP contribution >= 0.6 is 0 Å². The summed E-state index contributed by atoms with van der Waals surface area (Å²) in [5, 5.41) is 0.918. The van der Waals surface area contributed by atoms with Crippen LogP contribution in [0.5, 0.6) is 5.75 Å². The first-order valence-corrected chi connectivity index (χ1v) is 12.1. The molecule has 9 nitrogen and oxygen atoms in total. The van der Waals surface area contributed by atoms with Gasteiger partial charge in [0, 0.05) is 29.6 Å². The minimum atomic E-state index is -3.50. The summed E-state index contributed by atoms with van der Waals surface area (Å²) in [6.45, 7) is 6.86. The lowest BCUT2D eigenvalue weighted by Crippen LogP contribution is -2.56. The fraction of sp³-hybridized carbons (Fsp3) is 0.476. The molecule has 3 aromatic rings. The molecule has 10 heteroatoms. The van der Waals surface area contributed by atoms with Crippen molar-refractivity contribution in [2.75, 3.05) is 31.0 Å². The largest absolute Gasteiger partial charge is 0.486 e. The van der Waals surface area contributed by atoms with Crippen molar-refractivity contribution in [3.05, 3.63) is 30.4 Å². The molecule has 0 bridgehead atoms. The summed E-state index contributed by atoms with van der Waals surface area (Å²) in [4.78, 5) is 19.3. The molecule has 2 atom stereocenters. The zero-order chi connectivity index (χ0) is 22.0. The maximum Gasteiger partial charge on any atom is 0.185 e. The smallest absolute Gasteiger partial charge is 0.185 e. The Morgan fingerprint density at radius 3 is 2.77 bits per heavy atom. The van der Waals surface area contributed by atoms with E-state index >= 15 is 0 Å². The molecule has 0 amide bonds. The van der Waals surface area contributed by atoms with E-state index < -0.39 is 14.6 Å². The molecule has 1 fully saturated rings. The molecule has 2 aliphatic heterocycles.